The molecule has 1 aromatic carbocycles. The molecule has 0 atom stereocenters. The lowest BCUT2D eigenvalue weighted by atomic mass is 10.1. The molecule has 102 valence electrons. The molecule has 3 aromatic rings. The van der Waals surface area contributed by atoms with Gasteiger partial charge in [0.15, 0.2) is 5.58 Å². The van der Waals surface area contributed by atoms with E-state index >= 15 is 0 Å². The van der Waals surface area contributed by atoms with Crippen LogP contribution in [0.4, 0.5) is 0 Å². The van der Waals surface area contributed by atoms with Crippen LogP contribution in [0.25, 0.3) is 22.4 Å². The molecule has 0 spiro atoms. The van der Waals surface area contributed by atoms with E-state index < -0.39 is 0 Å². The van der Waals surface area contributed by atoms with Crippen LogP contribution in [0.15, 0.2) is 40.8 Å². The standard InChI is InChI=1S/C16H15NO3/c1-3-19-16(18)13-9-15-12(17-13)8-14(20-15)11-6-4-5-10(2)7-11/h4-9,17H,3H2,1-2H3. The fraction of sp³-hybridized carbons (Fsp3) is 0.188. The molecule has 0 fully saturated rings. The van der Waals surface area contributed by atoms with E-state index in [2.05, 4.69) is 11.1 Å². The summed E-state index contributed by atoms with van der Waals surface area (Å²) < 4.78 is 10.7. The van der Waals surface area contributed by atoms with E-state index in [1.807, 2.05) is 31.2 Å². The summed E-state index contributed by atoms with van der Waals surface area (Å²) in [5, 5.41) is 0. The molecule has 0 radical (unpaired) electrons. The van der Waals surface area contributed by atoms with Crippen LogP contribution < -0.4 is 0 Å². The maximum Gasteiger partial charge on any atom is 0.354 e. The number of aromatic nitrogens is 1. The summed E-state index contributed by atoms with van der Waals surface area (Å²) in [5.74, 6) is 0.418. The van der Waals surface area contributed by atoms with Gasteiger partial charge in [0.1, 0.15) is 11.5 Å². The summed E-state index contributed by atoms with van der Waals surface area (Å²) in [6, 6.07) is 11.7. The number of aromatic amines is 1. The number of esters is 1. The Morgan fingerprint density at radius 3 is 2.85 bits per heavy atom. The predicted octanol–water partition coefficient (Wildman–Crippen LogP) is 3.91. The van der Waals surface area contributed by atoms with Gasteiger partial charge in [-0.05, 0) is 19.9 Å². The number of ether oxygens (including phenoxy) is 1. The minimum atomic E-state index is -0.365. The third-order valence-corrected chi connectivity index (χ3v) is 3.10. The van der Waals surface area contributed by atoms with Gasteiger partial charge in [0.05, 0.1) is 12.1 Å². The molecule has 3 rings (SSSR count). The summed E-state index contributed by atoms with van der Waals surface area (Å²) in [7, 11) is 0. The van der Waals surface area contributed by atoms with Crippen molar-refractivity contribution < 1.29 is 13.9 Å². The van der Waals surface area contributed by atoms with Gasteiger partial charge in [-0.3, -0.25) is 0 Å². The first kappa shape index (κ1) is 12.5. The van der Waals surface area contributed by atoms with Crippen molar-refractivity contribution in [1.82, 2.24) is 4.98 Å². The van der Waals surface area contributed by atoms with Gasteiger partial charge < -0.3 is 14.1 Å². The molecule has 0 saturated heterocycles. The number of furan rings is 1. The zero-order valence-electron chi connectivity index (χ0n) is 11.4. The second kappa shape index (κ2) is 4.89. The van der Waals surface area contributed by atoms with Crippen molar-refractivity contribution in [2.45, 2.75) is 13.8 Å². The Kier molecular flexibility index (Phi) is 3.06. The molecule has 1 N–H and O–H groups in total. The molecule has 0 unspecified atom stereocenters. The number of carbonyl (C=O) groups is 1. The Morgan fingerprint density at radius 1 is 1.30 bits per heavy atom. The maximum absolute atomic E-state index is 11.6. The second-order valence-electron chi connectivity index (χ2n) is 4.66. The number of rotatable bonds is 3. The zero-order valence-corrected chi connectivity index (χ0v) is 11.4. The highest BCUT2D eigenvalue weighted by atomic mass is 16.5. The van der Waals surface area contributed by atoms with Crippen LogP contribution >= 0.6 is 0 Å². The van der Waals surface area contributed by atoms with Crippen molar-refractivity contribution >= 4 is 17.1 Å². The maximum atomic E-state index is 11.6. The lowest BCUT2D eigenvalue weighted by Gasteiger charge is -1.98. The van der Waals surface area contributed by atoms with Crippen molar-refractivity contribution in [3.8, 4) is 11.3 Å². The highest BCUT2D eigenvalue weighted by molar-refractivity contribution is 5.94. The number of aryl methyl sites for hydroxylation is 1. The first-order valence-corrected chi connectivity index (χ1v) is 6.54. The number of carbonyl (C=O) groups excluding carboxylic acids is 1. The lowest BCUT2D eigenvalue weighted by molar-refractivity contribution is 0.0520. The van der Waals surface area contributed by atoms with Crippen LogP contribution in [-0.2, 0) is 4.74 Å². The van der Waals surface area contributed by atoms with E-state index in [-0.39, 0.29) is 5.97 Å². The second-order valence-corrected chi connectivity index (χ2v) is 4.66. The molecular weight excluding hydrogens is 254 g/mol. The molecule has 0 aliphatic rings. The van der Waals surface area contributed by atoms with E-state index in [0.29, 0.717) is 17.9 Å². The van der Waals surface area contributed by atoms with E-state index in [1.54, 1.807) is 13.0 Å². The van der Waals surface area contributed by atoms with Crippen molar-refractivity contribution in [3.63, 3.8) is 0 Å². The Labute approximate surface area is 116 Å². The van der Waals surface area contributed by atoms with Crippen LogP contribution in [0.2, 0.25) is 0 Å². The van der Waals surface area contributed by atoms with Gasteiger partial charge in [0, 0.05) is 17.7 Å². The molecule has 4 nitrogen and oxygen atoms in total. The molecule has 20 heavy (non-hydrogen) atoms. The topological polar surface area (TPSA) is 55.2 Å². The van der Waals surface area contributed by atoms with E-state index in [4.69, 9.17) is 9.15 Å². The number of benzene rings is 1. The molecule has 0 saturated carbocycles. The molecule has 2 heterocycles. The van der Waals surface area contributed by atoms with Gasteiger partial charge in [-0.15, -0.1) is 0 Å². The van der Waals surface area contributed by atoms with Crippen molar-refractivity contribution in [1.29, 1.82) is 0 Å². The third-order valence-electron chi connectivity index (χ3n) is 3.10. The number of hydrogen-bond donors (Lipinski definition) is 1. The van der Waals surface area contributed by atoms with Crippen molar-refractivity contribution in [3.05, 3.63) is 47.7 Å². The summed E-state index contributed by atoms with van der Waals surface area (Å²) >= 11 is 0. The lowest BCUT2D eigenvalue weighted by Crippen LogP contribution is -2.04. The Balaban J connectivity index is 1.97. The molecule has 4 heteroatoms. The molecule has 0 aliphatic carbocycles. The number of hydrogen-bond acceptors (Lipinski definition) is 3. The Bertz CT molecular complexity index is 735. The minimum Gasteiger partial charge on any atom is -0.461 e. The molecule has 0 aliphatic heterocycles. The van der Waals surface area contributed by atoms with Gasteiger partial charge in [0.25, 0.3) is 0 Å². The van der Waals surface area contributed by atoms with Crippen molar-refractivity contribution in [2.75, 3.05) is 6.61 Å². The summed E-state index contributed by atoms with van der Waals surface area (Å²) in [4.78, 5) is 14.6. The first-order chi connectivity index (χ1) is 9.67. The molecule has 0 bridgehead atoms. The van der Waals surface area contributed by atoms with Crippen LogP contribution in [0.3, 0.4) is 0 Å². The highest BCUT2D eigenvalue weighted by Crippen LogP contribution is 2.28. The summed E-state index contributed by atoms with van der Waals surface area (Å²) in [6.07, 6.45) is 0. The van der Waals surface area contributed by atoms with Gasteiger partial charge in [-0.1, -0.05) is 23.8 Å². The quantitative estimate of drug-likeness (QED) is 0.733. The molecule has 0 amide bonds. The van der Waals surface area contributed by atoms with Gasteiger partial charge >= 0.3 is 5.97 Å². The number of fused-ring (bicyclic) bond motifs is 1. The van der Waals surface area contributed by atoms with E-state index in [1.165, 1.54) is 5.56 Å². The number of H-pyrrole nitrogens is 1. The van der Waals surface area contributed by atoms with E-state index in [0.717, 1.165) is 16.8 Å². The van der Waals surface area contributed by atoms with Crippen LogP contribution in [0, 0.1) is 6.92 Å². The van der Waals surface area contributed by atoms with Gasteiger partial charge in [0.2, 0.25) is 0 Å². The number of nitrogens with one attached hydrogen (secondary N) is 1. The van der Waals surface area contributed by atoms with Crippen LogP contribution in [0.1, 0.15) is 23.0 Å². The van der Waals surface area contributed by atoms with Gasteiger partial charge in [-0.2, -0.15) is 0 Å². The van der Waals surface area contributed by atoms with Gasteiger partial charge in [-0.25, -0.2) is 4.79 Å². The van der Waals surface area contributed by atoms with Crippen LogP contribution in [0.5, 0.6) is 0 Å². The first-order valence-electron chi connectivity index (χ1n) is 6.54. The predicted molar refractivity (Wildman–Crippen MR) is 76.7 cm³/mol. The average molecular weight is 269 g/mol. The fourth-order valence-corrected chi connectivity index (χ4v) is 2.18. The summed E-state index contributed by atoms with van der Waals surface area (Å²) in [6.45, 7) is 4.17. The van der Waals surface area contributed by atoms with E-state index in [9.17, 15) is 4.79 Å². The largest absolute Gasteiger partial charge is 0.461 e. The molecule has 2 aromatic heterocycles. The fourth-order valence-electron chi connectivity index (χ4n) is 2.18. The van der Waals surface area contributed by atoms with Crippen molar-refractivity contribution in [2.24, 2.45) is 0 Å². The third kappa shape index (κ3) is 2.20. The average Bonchev–Trinajstić information content (AvgIpc) is 2.97. The Morgan fingerprint density at radius 2 is 2.15 bits per heavy atom. The normalized spacial score (nSPS) is 10.9. The SMILES string of the molecule is CCOC(=O)c1cc2oc(-c3cccc(C)c3)cc2[nH]1. The smallest absolute Gasteiger partial charge is 0.354 e. The van der Waals surface area contributed by atoms with Crippen LogP contribution in [-0.4, -0.2) is 17.6 Å². The zero-order chi connectivity index (χ0) is 14.1. The monoisotopic (exact) mass is 269 g/mol. The summed E-state index contributed by atoms with van der Waals surface area (Å²) in [5.41, 5.74) is 4.06. The minimum absolute atomic E-state index is 0.355. The highest BCUT2D eigenvalue weighted by Gasteiger charge is 2.14. The Hall–Kier alpha value is -2.49. The molecular formula is C16H15NO3.